The van der Waals surface area contributed by atoms with Gasteiger partial charge in [0.1, 0.15) is 5.69 Å². The molecule has 5 heteroatoms. The van der Waals surface area contributed by atoms with Gasteiger partial charge in [0.25, 0.3) is 0 Å². The number of hydrogen-bond donors (Lipinski definition) is 0. The lowest BCUT2D eigenvalue weighted by Crippen LogP contribution is -2.01. The van der Waals surface area contributed by atoms with Crippen LogP contribution >= 0.6 is 0 Å². The summed E-state index contributed by atoms with van der Waals surface area (Å²) in [6.07, 6.45) is 5.29. The first-order chi connectivity index (χ1) is 13.7. The zero-order chi connectivity index (χ0) is 19.3. The maximum absolute atomic E-state index is 11.7. The van der Waals surface area contributed by atoms with Gasteiger partial charge in [-0.15, -0.1) is 0 Å². The fourth-order valence-electron chi connectivity index (χ4n) is 3.08. The Balaban J connectivity index is 1.55. The van der Waals surface area contributed by atoms with Crippen LogP contribution in [-0.2, 0) is 11.3 Å². The first-order valence-electron chi connectivity index (χ1n) is 8.94. The lowest BCUT2D eigenvalue weighted by molar-refractivity contribution is 0.0600. The van der Waals surface area contributed by atoms with Crippen molar-refractivity contribution in [1.82, 2.24) is 14.5 Å². The van der Waals surface area contributed by atoms with E-state index in [9.17, 15) is 4.79 Å². The van der Waals surface area contributed by atoms with Gasteiger partial charge in [0.2, 0.25) is 0 Å². The minimum absolute atomic E-state index is 0.388. The van der Waals surface area contributed by atoms with E-state index in [0.717, 1.165) is 0 Å². The van der Waals surface area contributed by atoms with Gasteiger partial charge in [0, 0.05) is 18.9 Å². The third-order valence-corrected chi connectivity index (χ3v) is 4.48. The zero-order valence-electron chi connectivity index (χ0n) is 15.4. The number of carbonyl (C=O) groups excluding carboxylic acids is 1. The van der Waals surface area contributed by atoms with Crippen LogP contribution in [-0.4, -0.2) is 27.6 Å². The second-order valence-corrected chi connectivity index (χ2v) is 6.42. The summed E-state index contributed by atoms with van der Waals surface area (Å²) in [6, 6.07) is 22.1. The SMILES string of the molecule is COC(=O)c1ccnc(-c2cn(Cc3cccc(-c4ccccc4)c3)cn2)c1. The lowest BCUT2D eigenvalue weighted by Gasteiger charge is -2.06. The molecule has 2 aromatic heterocycles. The number of rotatable bonds is 5. The molecule has 0 bridgehead atoms. The van der Waals surface area contributed by atoms with Gasteiger partial charge in [0.15, 0.2) is 0 Å². The second-order valence-electron chi connectivity index (χ2n) is 6.42. The highest BCUT2D eigenvalue weighted by molar-refractivity contribution is 5.90. The third-order valence-electron chi connectivity index (χ3n) is 4.48. The summed E-state index contributed by atoms with van der Waals surface area (Å²) in [5.41, 5.74) is 5.37. The van der Waals surface area contributed by atoms with Gasteiger partial charge in [-0.1, -0.05) is 48.5 Å². The van der Waals surface area contributed by atoms with Crippen molar-refractivity contribution in [2.75, 3.05) is 7.11 Å². The van der Waals surface area contributed by atoms with Crippen LogP contribution in [0.4, 0.5) is 0 Å². The first-order valence-corrected chi connectivity index (χ1v) is 8.94. The molecule has 0 saturated carbocycles. The van der Waals surface area contributed by atoms with E-state index in [1.165, 1.54) is 23.8 Å². The van der Waals surface area contributed by atoms with Crippen molar-refractivity contribution in [3.8, 4) is 22.5 Å². The number of ether oxygens (including phenoxy) is 1. The highest BCUT2D eigenvalue weighted by Crippen LogP contribution is 2.21. The number of aromatic nitrogens is 3. The minimum atomic E-state index is -0.388. The fourth-order valence-corrected chi connectivity index (χ4v) is 3.08. The van der Waals surface area contributed by atoms with Crippen LogP contribution in [0.25, 0.3) is 22.5 Å². The molecular formula is C23H19N3O2. The quantitative estimate of drug-likeness (QED) is 0.488. The van der Waals surface area contributed by atoms with Crippen molar-refractivity contribution in [3.63, 3.8) is 0 Å². The van der Waals surface area contributed by atoms with E-state index >= 15 is 0 Å². The van der Waals surface area contributed by atoms with Gasteiger partial charge < -0.3 is 9.30 Å². The molecule has 5 nitrogen and oxygen atoms in total. The standard InChI is InChI=1S/C23H19N3O2/c1-28-23(27)20-10-11-24-21(13-20)22-15-26(16-25-22)14-17-6-5-9-19(12-17)18-7-3-2-4-8-18/h2-13,15-16H,14H2,1H3. The van der Waals surface area contributed by atoms with Crippen LogP contribution in [0, 0.1) is 0 Å². The maximum Gasteiger partial charge on any atom is 0.337 e. The summed E-state index contributed by atoms with van der Waals surface area (Å²) in [7, 11) is 1.36. The van der Waals surface area contributed by atoms with E-state index in [-0.39, 0.29) is 5.97 Å². The number of carbonyl (C=O) groups is 1. The molecule has 4 aromatic rings. The summed E-state index contributed by atoms with van der Waals surface area (Å²) in [6.45, 7) is 0.699. The largest absolute Gasteiger partial charge is 0.465 e. The van der Waals surface area contributed by atoms with E-state index in [2.05, 4.69) is 46.4 Å². The molecule has 28 heavy (non-hydrogen) atoms. The molecule has 0 radical (unpaired) electrons. The Morgan fingerprint density at radius 3 is 2.57 bits per heavy atom. The van der Waals surface area contributed by atoms with Crippen molar-refractivity contribution in [2.24, 2.45) is 0 Å². The van der Waals surface area contributed by atoms with Crippen molar-refractivity contribution in [1.29, 1.82) is 0 Å². The van der Waals surface area contributed by atoms with Crippen LogP contribution in [0.1, 0.15) is 15.9 Å². The van der Waals surface area contributed by atoms with Gasteiger partial charge in [-0.3, -0.25) is 4.98 Å². The molecule has 4 rings (SSSR count). The first kappa shape index (κ1) is 17.7. The Morgan fingerprint density at radius 2 is 1.75 bits per heavy atom. The van der Waals surface area contributed by atoms with E-state index in [1.54, 1.807) is 24.7 Å². The number of pyridine rings is 1. The lowest BCUT2D eigenvalue weighted by atomic mass is 10.0. The molecule has 0 aliphatic carbocycles. The zero-order valence-corrected chi connectivity index (χ0v) is 15.4. The highest BCUT2D eigenvalue weighted by atomic mass is 16.5. The Morgan fingerprint density at radius 1 is 0.929 bits per heavy atom. The Hall–Kier alpha value is -3.73. The van der Waals surface area contributed by atoms with Gasteiger partial charge in [-0.05, 0) is 34.9 Å². The van der Waals surface area contributed by atoms with Crippen molar-refractivity contribution >= 4 is 5.97 Å². The normalized spacial score (nSPS) is 10.6. The number of esters is 1. The van der Waals surface area contributed by atoms with Crippen molar-refractivity contribution in [3.05, 3.63) is 96.6 Å². The van der Waals surface area contributed by atoms with Gasteiger partial charge in [-0.2, -0.15) is 0 Å². The fraction of sp³-hybridized carbons (Fsp3) is 0.0870. The highest BCUT2D eigenvalue weighted by Gasteiger charge is 2.10. The van der Waals surface area contributed by atoms with Crippen LogP contribution in [0.3, 0.4) is 0 Å². The molecule has 0 fully saturated rings. The Labute approximate surface area is 163 Å². The van der Waals surface area contributed by atoms with Crippen molar-refractivity contribution < 1.29 is 9.53 Å². The minimum Gasteiger partial charge on any atom is -0.465 e. The smallest absolute Gasteiger partial charge is 0.337 e. The van der Waals surface area contributed by atoms with Gasteiger partial charge >= 0.3 is 5.97 Å². The molecule has 0 aliphatic heterocycles. The predicted molar refractivity (Wildman–Crippen MR) is 108 cm³/mol. The van der Waals surface area contributed by atoms with Crippen LogP contribution in [0.2, 0.25) is 0 Å². The Bertz CT molecular complexity index is 1100. The third kappa shape index (κ3) is 3.83. The molecule has 0 saturated heterocycles. The molecular weight excluding hydrogens is 350 g/mol. The summed E-state index contributed by atoms with van der Waals surface area (Å²) < 4.78 is 6.77. The molecule has 2 aromatic carbocycles. The Kier molecular flexibility index (Phi) is 4.97. The molecule has 0 N–H and O–H groups in total. The summed E-state index contributed by atoms with van der Waals surface area (Å²) in [5.74, 6) is -0.388. The summed E-state index contributed by atoms with van der Waals surface area (Å²) in [5, 5.41) is 0. The van der Waals surface area contributed by atoms with Crippen LogP contribution in [0.5, 0.6) is 0 Å². The summed E-state index contributed by atoms with van der Waals surface area (Å²) in [4.78, 5) is 20.5. The predicted octanol–water partition coefficient (Wildman–Crippen LogP) is 4.45. The summed E-state index contributed by atoms with van der Waals surface area (Å²) >= 11 is 0. The van der Waals surface area contributed by atoms with E-state index in [0.29, 0.717) is 23.5 Å². The molecule has 0 amide bonds. The molecule has 138 valence electrons. The van der Waals surface area contributed by atoms with Crippen molar-refractivity contribution in [2.45, 2.75) is 6.54 Å². The number of hydrogen-bond acceptors (Lipinski definition) is 4. The number of nitrogens with zero attached hydrogens (tertiary/aromatic N) is 3. The molecule has 2 heterocycles. The topological polar surface area (TPSA) is 57.0 Å². The second kappa shape index (κ2) is 7.88. The van der Waals surface area contributed by atoms with E-state index < -0.39 is 0 Å². The molecule has 0 spiro atoms. The molecule has 0 aliphatic rings. The average Bonchev–Trinajstić information content (AvgIpc) is 3.22. The van der Waals surface area contributed by atoms with Crippen LogP contribution < -0.4 is 0 Å². The number of imidazole rings is 1. The molecule has 0 atom stereocenters. The van der Waals surface area contributed by atoms with Gasteiger partial charge in [-0.25, -0.2) is 9.78 Å². The van der Waals surface area contributed by atoms with E-state index in [1.807, 2.05) is 29.0 Å². The van der Waals surface area contributed by atoms with E-state index in [4.69, 9.17) is 4.74 Å². The maximum atomic E-state index is 11.7. The molecule has 0 unspecified atom stereocenters. The van der Waals surface area contributed by atoms with Crippen LogP contribution in [0.15, 0.2) is 85.5 Å². The number of methoxy groups -OCH3 is 1. The average molecular weight is 369 g/mol. The monoisotopic (exact) mass is 369 g/mol. The number of benzene rings is 2. The van der Waals surface area contributed by atoms with Gasteiger partial charge in [0.05, 0.1) is 24.7 Å².